The maximum absolute atomic E-state index is 13.1. The maximum atomic E-state index is 13.1. The molecule has 2 heterocycles. The molecule has 1 saturated carbocycles. The van der Waals surface area contributed by atoms with Crippen molar-refractivity contribution in [1.29, 1.82) is 0 Å². The summed E-state index contributed by atoms with van der Waals surface area (Å²) in [4.78, 5) is 17.7. The Morgan fingerprint density at radius 1 is 0.967 bits per heavy atom. The fourth-order valence-corrected chi connectivity index (χ4v) is 5.13. The standard InChI is InChI=1S/C25H30N4O/c1-27(21-14-16-28(17-15-21)22-7-3-4-8-22)25(30)19-10-12-23(13-11-19)29-18-20-6-2-5-9-24(20)26-29/h2,5-6,9-13,18,21-22H,3-4,7-8,14-17H2,1H3. The van der Waals surface area contributed by atoms with Crippen LogP contribution in [-0.4, -0.2) is 57.7 Å². The van der Waals surface area contributed by atoms with Crippen LogP contribution < -0.4 is 0 Å². The van der Waals surface area contributed by atoms with Gasteiger partial charge in [-0.2, -0.15) is 5.10 Å². The molecule has 2 fully saturated rings. The molecule has 0 radical (unpaired) electrons. The van der Waals surface area contributed by atoms with Gasteiger partial charge in [-0.05, 0) is 56.0 Å². The summed E-state index contributed by atoms with van der Waals surface area (Å²) in [7, 11) is 1.96. The van der Waals surface area contributed by atoms with Crippen LogP contribution in [0.2, 0.25) is 0 Å². The van der Waals surface area contributed by atoms with Gasteiger partial charge < -0.3 is 9.80 Å². The Kier molecular flexibility index (Phi) is 5.30. The first-order valence-electron chi connectivity index (χ1n) is 11.2. The van der Waals surface area contributed by atoms with E-state index < -0.39 is 0 Å². The minimum atomic E-state index is 0.117. The van der Waals surface area contributed by atoms with Gasteiger partial charge >= 0.3 is 0 Å². The molecule has 2 aliphatic rings. The van der Waals surface area contributed by atoms with Gasteiger partial charge in [-0.3, -0.25) is 4.79 Å². The first kappa shape index (κ1) is 19.3. The molecule has 5 heteroatoms. The number of carbonyl (C=O) groups excluding carboxylic acids is 1. The van der Waals surface area contributed by atoms with Crippen LogP contribution in [0.5, 0.6) is 0 Å². The van der Waals surface area contributed by atoms with Crippen molar-refractivity contribution in [3.63, 3.8) is 0 Å². The number of likely N-dealkylation sites (tertiary alicyclic amines) is 1. The number of piperidine rings is 1. The number of aromatic nitrogens is 2. The van der Waals surface area contributed by atoms with Crippen LogP contribution >= 0.6 is 0 Å². The molecule has 1 saturated heterocycles. The monoisotopic (exact) mass is 402 g/mol. The van der Waals surface area contributed by atoms with Crippen molar-refractivity contribution in [3.8, 4) is 5.69 Å². The number of carbonyl (C=O) groups is 1. The zero-order valence-corrected chi connectivity index (χ0v) is 17.7. The molecular weight excluding hydrogens is 372 g/mol. The van der Waals surface area contributed by atoms with E-state index in [4.69, 9.17) is 0 Å². The number of hydrogen-bond acceptors (Lipinski definition) is 3. The van der Waals surface area contributed by atoms with Crippen LogP contribution in [0.25, 0.3) is 16.6 Å². The van der Waals surface area contributed by atoms with Crippen LogP contribution in [0.15, 0.2) is 54.7 Å². The van der Waals surface area contributed by atoms with E-state index in [2.05, 4.69) is 16.1 Å². The Morgan fingerprint density at radius 3 is 2.37 bits per heavy atom. The molecule has 0 spiro atoms. The van der Waals surface area contributed by atoms with E-state index in [1.165, 1.54) is 25.7 Å². The van der Waals surface area contributed by atoms with E-state index >= 15 is 0 Å². The quantitative estimate of drug-likeness (QED) is 0.645. The Bertz CT molecular complexity index is 978. The van der Waals surface area contributed by atoms with E-state index in [1.807, 2.05) is 65.3 Å². The number of amides is 1. The van der Waals surface area contributed by atoms with Gasteiger partial charge in [0.2, 0.25) is 0 Å². The largest absolute Gasteiger partial charge is 0.339 e. The number of hydrogen-bond donors (Lipinski definition) is 0. The first-order valence-corrected chi connectivity index (χ1v) is 11.2. The van der Waals surface area contributed by atoms with Gasteiger partial charge in [0.1, 0.15) is 0 Å². The average Bonchev–Trinajstić information content (AvgIpc) is 3.48. The molecule has 2 aromatic carbocycles. The fourth-order valence-electron chi connectivity index (χ4n) is 5.13. The Hall–Kier alpha value is -2.66. The molecule has 5 nitrogen and oxygen atoms in total. The molecular formula is C25H30N4O. The van der Waals surface area contributed by atoms with Crippen LogP contribution in [0.1, 0.15) is 48.9 Å². The molecule has 1 aliphatic heterocycles. The Balaban J connectivity index is 1.23. The minimum Gasteiger partial charge on any atom is -0.339 e. The Labute approximate surface area is 178 Å². The van der Waals surface area contributed by atoms with Crippen LogP contribution in [-0.2, 0) is 0 Å². The average molecular weight is 403 g/mol. The van der Waals surface area contributed by atoms with E-state index in [0.29, 0.717) is 6.04 Å². The van der Waals surface area contributed by atoms with Gasteiger partial charge in [0.15, 0.2) is 0 Å². The molecule has 1 aliphatic carbocycles. The van der Waals surface area contributed by atoms with Crippen molar-refractivity contribution < 1.29 is 4.79 Å². The second-order valence-corrected chi connectivity index (χ2v) is 8.80. The molecule has 1 amide bonds. The van der Waals surface area contributed by atoms with Crippen LogP contribution in [0.3, 0.4) is 0 Å². The number of rotatable bonds is 4. The van der Waals surface area contributed by atoms with E-state index in [1.54, 1.807) is 0 Å². The number of benzene rings is 2. The zero-order chi connectivity index (χ0) is 20.5. The van der Waals surface area contributed by atoms with Gasteiger partial charge in [-0.1, -0.05) is 31.0 Å². The lowest BCUT2D eigenvalue weighted by atomic mass is 10.0. The van der Waals surface area contributed by atoms with Crippen LogP contribution in [0.4, 0.5) is 0 Å². The lowest BCUT2D eigenvalue weighted by Gasteiger charge is -2.39. The van der Waals surface area contributed by atoms with Gasteiger partial charge in [0, 0.05) is 49.4 Å². The smallest absolute Gasteiger partial charge is 0.253 e. The van der Waals surface area contributed by atoms with E-state index in [-0.39, 0.29) is 5.91 Å². The lowest BCUT2D eigenvalue weighted by Crippen LogP contribution is -2.48. The summed E-state index contributed by atoms with van der Waals surface area (Å²) in [6.07, 6.45) is 9.67. The molecule has 0 N–H and O–H groups in total. The summed E-state index contributed by atoms with van der Waals surface area (Å²) < 4.78 is 1.88. The SMILES string of the molecule is CN(C(=O)c1ccc(-n2cc3ccccc3n2)cc1)C1CCN(C2CCCC2)CC1. The van der Waals surface area contributed by atoms with Crippen molar-refractivity contribution in [1.82, 2.24) is 19.6 Å². The molecule has 1 aromatic heterocycles. The van der Waals surface area contributed by atoms with Gasteiger partial charge in [0.05, 0.1) is 11.2 Å². The van der Waals surface area contributed by atoms with Crippen molar-refractivity contribution >= 4 is 16.8 Å². The van der Waals surface area contributed by atoms with Gasteiger partial charge in [-0.25, -0.2) is 4.68 Å². The van der Waals surface area contributed by atoms with Crippen molar-refractivity contribution in [3.05, 3.63) is 60.3 Å². The third-order valence-corrected chi connectivity index (χ3v) is 7.00. The molecule has 0 bridgehead atoms. The van der Waals surface area contributed by atoms with Crippen LogP contribution in [0, 0.1) is 0 Å². The summed E-state index contributed by atoms with van der Waals surface area (Å²) in [6.45, 7) is 2.25. The number of nitrogens with zero attached hydrogens (tertiary/aromatic N) is 4. The summed E-state index contributed by atoms with van der Waals surface area (Å²) in [5.41, 5.74) is 2.69. The highest BCUT2D eigenvalue weighted by Crippen LogP contribution is 2.27. The third-order valence-electron chi connectivity index (χ3n) is 7.00. The van der Waals surface area contributed by atoms with Gasteiger partial charge in [-0.15, -0.1) is 0 Å². The highest BCUT2D eigenvalue weighted by atomic mass is 16.2. The molecule has 0 unspecified atom stereocenters. The normalized spacial score (nSPS) is 18.8. The Morgan fingerprint density at radius 2 is 1.67 bits per heavy atom. The van der Waals surface area contributed by atoms with E-state index in [0.717, 1.165) is 54.1 Å². The summed E-state index contributed by atoms with van der Waals surface area (Å²) >= 11 is 0. The molecule has 0 atom stereocenters. The maximum Gasteiger partial charge on any atom is 0.253 e. The highest BCUT2D eigenvalue weighted by molar-refractivity contribution is 5.94. The van der Waals surface area contributed by atoms with E-state index in [9.17, 15) is 4.79 Å². The fraction of sp³-hybridized carbons (Fsp3) is 0.440. The van der Waals surface area contributed by atoms with Gasteiger partial charge in [0.25, 0.3) is 5.91 Å². The summed E-state index contributed by atoms with van der Waals surface area (Å²) in [5, 5.41) is 5.73. The number of fused-ring (bicyclic) bond motifs is 1. The molecule has 30 heavy (non-hydrogen) atoms. The first-order chi connectivity index (χ1) is 14.7. The second-order valence-electron chi connectivity index (χ2n) is 8.80. The second kappa shape index (κ2) is 8.23. The topological polar surface area (TPSA) is 41.4 Å². The molecule has 3 aromatic rings. The predicted octanol–water partition coefficient (Wildman–Crippen LogP) is 4.50. The summed E-state index contributed by atoms with van der Waals surface area (Å²) in [6, 6.07) is 17.0. The third kappa shape index (κ3) is 3.74. The highest BCUT2D eigenvalue weighted by Gasteiger charge is 2.30. The molecule has 156 valence electrons. The predicted molar refractivity (Wildman–Crippen MR) is 120 cm³/mol. The van der Waals surface area contributed by atoms with Crippen molar-refractivity contribution in [2.75, 3.05) is 20.1 Å². The zero-order valence-electron chi connectivity index (χ0n) is 17.7. The summed E-state index contributed by atoms with van der Waals surface area (Å²) in [5.74, 6) is 0.117. The van der Waals surface area contributed by atoms with Crippen molar-refractivity contribution in [2.24, 2.45) is 0 Å². The minimum absolute atomic E-state index is 0.117. The molecule has 5 rings (SSSR count). The van der Waals surface area contributed by atoms with Crippen molar-refractivity contribution in [2.45, 2.75) is 50.6 Å². The lowest BCUT2D eigenvalue weighted by molar-refractivity contribution is 0.0598.